The van der Waals surface area contributed by atoms with E-state index in [1.165, 1.54) is 70.6 Å². The van der Waals surface area contributed by atoms with E-state index in [-0.39, 0.29) is 0 Å². The summed E-state index contributed by atoms with van der Waals surface area (Å²) in [4.78, 5) is 0. The zero-order valence-electron chi connectivity index (χ0n) is 15.5. The number of unbranched alkanes of at least 4 members (excludes halogenated alkanes) is 11. The van der Waals surface area contributed by atoms with Crippen molar-refractivity contribution in [2.75, 3.05) is 6.61 Å². The van der Waals surface area contributed by atoms with Gasteiger partial charge >= 0.3 is 0 Å². The fraction of sp³-hybridized carbons (Fsp3) is 0.947. The van der Waals surface area contributed by atoms with Gasteiger partial charge in [0.25, 0.3) is 0 Å². The van der Waals surface area contributed by atoms with Crippen LogP contribution >= 0.6 is 0 Å². The average Bonchev–Trinajstić information content (AvgIpc) is 2.48. The summed E-state index contributed by atoms with van der Waals surface area (Å²) in [7, 11) is -1.49. The Hall–Kier alpha value is -0.333. The monoisotopic (exact) mass is 325 g/mol. The van der Waals surface area contributed by atoms with Gasteiger partial charge < -0.3 is 4.43 Å². The van der Waals surface area contributed by atoms with E-state index in [4.69, 9.17) is 9.69 Å². The lowest BCUT2D eigenvalue weighted by molar-refractivity contribution is 0.293. The van der Waals surface area contributed by atoms with Crippen LogP contribution in [0.3, 0.4) is 0 Å². The first kappa shape index (κ1) is 21.7. The van der Waals surface area contributed by atoms with Crippen LogP contribution in [-0.4, -0.2) is 14.9 Å². The smallest absolute Gasteiger partial charge is 0.186 e. The molecule has 22 heavy (non-hydrogen) atoms. The lowest BCUT2D eigenvalue weighted by Gasteiger charge is -2.22. The topological polar surface area (TPSA) is 33.0 Å². The van der Waals surface area contributed by atoms with Crippen molar-refractivity contribution in [2.24, 2.45) is 0 Å². The average molecular weight is 326 g/mol. The summed E-state index contributed by atoms with van der Waals surface area (Å²) in [5.41, 5.74) is 0. The second-order valence-corrected chi connectivity index (χ2v) is 11.5. The van der Waals surface area contributed by atoms with E-state index < -0.39 is 8.32 Å². The molecule has 0 aromatic carbocycles. The molecular formula is C19H39NOSi. The number of hydrogen-bond donors (Lipinski definition) is 0. The van der Waals surface area contributed by atoms with Crippen LogP contribution in [0.25, 0.3) is 0 Å². The van der Waals surface area contributed by atoms with Crippen LogP contribution in [0.5, 0.6) is 0 Å². The van der Waals surface area contributed by atoms with Gasteiger partial charge in [0.2, 0.25) is 0 Å². The predicted octanol–water partition coefficient (Wildman–Crippen LogP) is 6.82. The Balaban J connectivity index is 3.24. The van der Waals surface area contributed by atoms with E-state index in [1.807, 2.05) is 0 Å². The first-order valence-corrected chi connectivity index (χ1v) is 12.7. The summed E-state index contributed by atoms with van der Waals surface area (Å²) in [6, 6.07) is 3.35. The van der Waals surface area contributed by atoms with Gasteiger partial charge in [-0.3, -0.25) is 0 Å². The third kappa shape index (κ3) is 16.0. The van der Waals surface area contributed by atoms with Crippen molar-refractivity contribution in [2.45, 2.75) is 110 Å². The molecule has 0 aliphatic carbocycles. The summed E-state index contributed by atoms with van der Waals surface area (Å²) in [6.45, 7) is 7.77. The molecule has 0 heterocycles. The Labute approximate surface area is 140 Å². The van der Waals surface area contributed by atoms with Crippen LogP contribution in [0.2, 0.25) is 19.1 Å². The highest BCUT2D eigenvalue weighted by atomic mass is 28.4. The zero-order valence-corrected chi connectivity index (χ0v) is 16.5. The largest absolute Gasteiger partial charge is 0.417 e. The first-order chi connectivity index (χ1) is 10.6. The minimum absolute atomic E-state index is 0.679. The van der Waals surface area contributed by atoms with Crippen molar-refractivity contribution in [3.63, 3.8) is 0 Å². The van der Waals surface area contributed by atoms with Crippen LogP contribution in [0.1, 0.15) is 90.4 Å². The molecule has 0 N–H and O–H groups in total. The summed E-state index contributed by atoms with van der Waals surface area (Å²) in [5.74, 6) is 0. The lowest BCUT2D eigenvalue weighted by atomic mass is 10.1. The lowest BCUT2D eigenvalue weighted by Crippen LogP contribution is -2.30. The van der Waals surface area contributed by atoms with Gasteiger partial charge in [-0.15, -0.1) is 0 Å². The number of rotatable bonds is 16. The molecule has 0 saturated heterocycles. The van der Waals surface area contributed by atoms with Gasteiger partial charge in [0, 0.05) is 13.0 Å². The fourth-order valence-corrected chi connectivity index (χ4v) is 4.65. The van der Waals surface area contributed by atoms with Crippen LogP contribution in [-0.2, 0) is 4.43 Å². The van der Waals surface area contributed by atoms with Crippen LogP contribution in [0.15, 0.2) is 0 Å². The molecule has 0 rings (SSSR count). The highest BCUT2D eigenvalue weighted by Gasteiger charge is 2.21. The Morgan fingerprint density at radius 2 is 1.27 bits per heavy atom. The summed E-state index contributed by atoms with van der Waals surface area (Å²) in [6.07, 6.45) is 16.9. The van der Waals surface area contributed by atoms with Crippen molar-refractivity contribution in [3.05, 3.63) is 0 Å². The number of hydrogen-bond acceptors (Lipinski definition) is 2. The molecule has 0 bridgehead atoms. The van der Waals surface area contributed by atoms with Gasteiger partial charge in [0.1, 0.15) is 0 Å². The van der Waals surface area contributed by atoms with Crippen LogP contribution < -0.4 is 0 Å². The maximum absolute atomic E-state index is 8.58. The van der Waals surface area contributed by atoms with Crippen molar-refractivity contribution in [1.29, 1.82) is 5.26 Å². The Kier molecular flexibility index (Phi) is 15.3. The molecule has 130 valence electrons. The first-order valence-electron chi connectivity index (χ1n) is 9.63. The van der Waals surface area contributed by atoms with Gasteiger partial charge in [0.15, 0.2) is 8.32 Å². The molecule has 0 spiro atoms. The van der Waals surface area contributed by atoms with Crippen molar-refractivity contribution >= 4 is 8.32 Å². The van der Waals surface area contributed by atoms with E-state index in [2.05, 4.69) is 26.1 Å². The summed E-state index contributed by atoms with van der Waals surface area (Å²) in [5, 5.41) is 8.58. The van der Waals surface area contributed by atoms with Gasteiger partial charge in [0.05, 0.1) is 6.07 Å². The Morgan fingerprint density at radius 3 is 1.77 bits per heavy atom. The molecule has 0 aromatic rings. The van der Waals surface area contributed by atoms with E-state index in [0.29, 0.717) is 6.42 Å². The third-order valence-electron chi connectivity index (χ3n) is 4.31. The molecular weight excluding hydrogens is 286 g/mol. The maximum atomic E-state index is 8.58. The van der Waals surface area contributed by atoms with Crippen LogP contribution in [0.4, 0.5) is 0 Å². The van der Waals surface area contributed by atoms with E-state index >= 15 is 0 Å². The fourth-order valence-electron chi connectivity index (χ4n) is 2.78. The highest BCUT2D eigenvalue weighted by molar-refractivity contribution is 6.71. The molecule has 2 nitrogen and oxygen atoms in total. The standard InChI is InChI=1S/C19H39NOSi/c1-4-5-6-7-8-9-10-11-12-13-15-18-21-22(2,3)19-16-14-17-20/h4-16,18-19H2,1-3H3. The molecule has 0 aliphatic rings. The van der Waals surface area contributed by atoms with Crippen molar-refractivity contribution < 1.29 is 4.43 Å². The molecule has 0 unspecified atom stereocenters. The van der Waals surface area contributed by atoms with Gasteiger partial charge in [-0.1, -0.05) is 71.1 Å². The summed E-state index contributed by atoms with van der Waals surface area (Å²) >= 11 is 0. The molecule has 0 radical (unpaired) electrons. The maximum Gasteiger partial charge on any atom is 0.186 e. The van der Waals surface area contributed by atoms with Gasteiger partial charge in [-0.2, -0.15) is 5.26 Å². The number of nitriles is 1. The van der Waals surface area contributed by atoms with Gasteiger partial charge in [-0.05, 0) is 32.0 Å². The molecule has 0 aromatic heterocycles. The SMILES string of the molecule is CCCCCCCCCCCCCO[Si](C)(C)CCCC#N. The summed E-state index contributed by atoms with van der Waals surface area (Å²) < 4.78 is 6.09. The van der Waals surface area contributed by atoms with E-state index in [1.54, 1.807) is 0 Å². The Morgan fingerprint density at radius 1 is 0.773 bits per heavy atom. The van der Waals surface area contributed by atoms with E-state index in [9.17, 15) is 0 Å². The quantitative estimate of drug-likeness (QED) is 0.230. The second kappa shape index (κ2) is 15.6. The minimum atomic E-state index is -1.49. The molecule has 3 heteroatoms. The molecule has 0 fully saturated rings. The van der Waals surface area contributed by atoms with Crippen molar-refractivity contribution in [1.82, 2.24) is 0 Å². The van der Waals surface area contributed by atoms with Crippen molar-refractivity contribution in [3.8, 4) is 6.07 Å². The van der Waals surface area contributed by atoms with Gasteiger partial charge in [-0.25, -0.2) is 0 Å². The van der Waals surface area contributed by atoms with E-state index in [0.717, 1.165) is 19.1 Å². The third-order valence-corrected chi connectivity index (χ3v) is 6.85. The number of nitrogens with zero attached hydrogens (tertiary/aromatic N) is 1. The molecule has 0 atom stereocenters. The second-order valence-electron chi connectivity index (χ2n) is 7.16. The molecule has 0 saturated carbocycles. The predicted molar refractivity (Wildman–Crippen MR) is 99.5 cm³/mol. The highest BCUT2D eigenvalue weighted by Crippen LogP contribution is 2.16. The zero-order chi connectivity index (χ0) is 16.5. The molecule has 0 aliphatic heterocycles. The molecule has 0 amide bonds. The minimum Gasteiger partial charge on any atom is -0.417 e. The van der Waals surface area contributed by atoms with Crippen LogP contribution in [0, 0.1) is 11.3 Å². The normalized spacial score (nSPS) is 11.5. The Bertz CT molecular complexity index is 273.